The van der Waals surface area contributed by atoms with Gasteiger partial charge in [0.2, 0.25) is 5.91 Å². The van der Waals surface area contributed by atoms with Crippen molar-refractivity contribution in [1.82, 2.24) is 15.0 Å². The summed E-state index contributed by atoms with van der Waals surface area (Å²) >= 11 is 0. The second-order valence-electron chi connectivity index (χ2n) is 7.30. The van der Waals surface area contributed by atoms with E-state index in [0.717, 1.165) is 63.5 Å². The molecule has 2 aliphatic heterocycles. The molecule has 1 unspecified atom stereocenters. The average Bonchev–Trinajstić information content (AvgIpc) is 3.21. The number of hydrogen-bond acceptors (Lipinski definition) is 5. The fourth-order valence-electron chi connectivity index (χ4n) is 3.80. The number of nitrogens with zero attached hydrogens (tertiary/aromatic N) is 3. The van der Waals surface area contributed by atoms with Crippen LogP contribution < -0.4 is 0 Å². The van der Waals surface area contributed by atoms with Crippen molar-refractivity contribution in [3.63, 3.8) is 0 Å². The Hall–Kier alpha value is -1.40. The van der Waals surface area contributed by atoms with Gasteiger partial charge in [0, 0.05) is 32.3 Å². The number of carbonyl (C=O) groups is 1. The van der Waals surface area contributed by atoms with Crippen LogP contribution in [-0.2, 0) is 16.1 Å². The smallest absolute Gasteiger partial charge is 0.227 e. The highest BCUT2D eigenvalue weighted by Crippen LogP contribution is 2.23. The number of rotatable bonds is 5. The van der Waals surface area contributed by atoms with Gasteiger partial charge in [-0.15, -0.1) is 0 Å². The maximum atomic E-state index is 12.4. The lowest BCUT2D eigenvalue weighted by Gasteiger charge is -2.34. The summed E-state index contributed by atoms with van der Waals surface area (Å²) in [6.07, 6.45) is 3.16. The number of hydrogen-bond donors (Lipinski definition) is 0. The van der Waals surface area contributed by atoms with Crippen molar-refractivity contribution in [2.45, 2.75) is 39.7 Å². The molecule has 2 aliphatic rings. The van der Waals surface area contributed by atoms with Crippen LogP contribution in [0.3, 0.4) is 0 Å². The third-order valence-corrected chi connectivity index (χ3v) is 5.46. The minimum Gasteiger partial charge on any atom is -0.381 e. The van der Waals surface area contributed by atoms with E-state index in [1.165, 1.54) is 5.56 Å². The van der Waals surface area contributed by atoms with Gasteiger partial charge in [-0.2, -0.15) is 0 Å². The van der Waals surface area contributed by atoms with Crippen molar-refractivity contribution in [2.24, 2.45) is 11.8 Å². The first-order chi connectivity index (χ1) is 11.5. The molecule has 0 saturated carbocycles. The predicted octanol–water partition coefficient (Wildman–Crippen LogP) is 2.00. The molecule has 0 aromatic carbocycles. The van der Waals surface area contributed by atoms with E-state index in [9.17, 15) is 4.79 Å². The maximum Gasteiger partial charge on any atom is 0.227 e. The van der Waals surface area contributed by atoms with Crippen molar-refractivity contribution in [3.05, 3.63) is 17.0 Å². The van der Waals surface area contributed by atoms with Crippen LogP contribution in [0.5, 0.6) is 0 Å². The summed E-state index contributed by atoms with van der Waals surface area (Å²) in [6, 6.07) is 0. The molecule has 24 heavy (non-hydrogen) atoms. The number of amides is 1. The van der Waals surface area contributed by atoms with Gasteiger partial charge < -0.3 is 14.2 Å². The zero-order chi connectivity index (χ0) is 17.1. The molecule has 2 fully saturated rings. The van der Waals surface area contributed by atoms with Crippen LogP contribution in [0.25, 0.3) is 0 Å². The summed E-state index contributed by atoms with van der Waals surface area (Å²) in [4.78, 5) is 16.8. The first kappa shape index (κ1) is 17.4. The maximum absolute atomic E-state index is 12.4. The summed E-state index contributed by atoms with van der Waals surface area (Å²) in [5.74, 6) is 1.86. The molecule has 6 nitrogen and oxygen atoms in total. The van der Waals surface area contributed by atoms with E-state index in [-0.39, 0.29) is 11.8 Å². The van der Waals surface area contributed by atoms with E-state index in [1.54, 1.807) is 0 Å². The van der Waals surface area contributed by atoms with Crippen LogP contribution in [0, 0.1) is 25.7 Å². The van der Waals surface area contributed by atoms with E-state index in [1.807, 2.05) is 25.8 Å². The normalized spacial score (nSPS) is 22.9. The lowest BCUT2D eigenvalue weighted by molar-refractivity contribution is -0.134. The summed E-state index contributed by atoms with van der Waals surface area (Å²) in [5, 5.41) is 4.04. The van der Waals surface area contributed by atoms with Gasteiger partial charge in [0.15, 0.2) is 0 Å². The molecule has 0 bridgehead atoms. The molecule has 0 radical (unpaired) electrons. The number of likely N-dealkylation sites (tertiary alicyclic amines) is 1. The van der Waals surface area contributed by atoms with Crippen LogP contribution in [0.1, 0.15) is 36.3 Å². The number of carbonyl (C=O) groups excluding carboxylic acids is 1. The third-order valence-electron chi connectivity index (χ3n) is 5.46. The molecule has 1 atom stereocenters. The van der Waals surface area contributed by atoms with E-state index in [4.69, 9.17) is 9.26 Å². The molecule has 3 heterocycles. The minimum absolute atomic E-state index is 0.0784. The van der Waals surface area contributed by atoms with Crippen molar-refractivity contribution >= 4 is 5.91 Å². The Balaban J connectivity index is 1.44. The minimum atomic E-state index is 0.0784. The number of aryl methyl sites for hydroxylation is 2. The molecule has 1 aromatic heterocycles. The summed E-state index contributed by atoms with van der Waals surface area (Å²) < 4.78 is 10.6. The Labute approximate surface area is 144 Å². The standard InChI is InChI=1S/C18H29N3O3/c1-13-17(14(2)24-19-13)11-21-7-4-15(5-8-21)10-20(3)18(22)16-6-9-23-12-16/h15-16H,4-12H2,1-3H3. The Morgan fingerprint density at radius 1 is 1.29 bits per heavy atom. The Kier molecular flexibility index (Phi) is 5.56. The third kappa shape index (κ3) is 3.98. The average molecular weight is 335 g/mol. The van der Waals surface area contributed by atoms with Crippen LogP contribution in [0.4, 0.5) is 0 Å². The highest BCUT2D eigenvalue weighted by molar-refractivity contribution is 5.78. The van der Waals surface area contributed by atoms with Crippen molar-refractivity contribution in [2.75, 3.05) is 39.9 Å². The van der Waals surface area contributed by atoms with Crippen molar-refractivity contribution in [3.8, 4) is 0 Å². The van der Waals surface area contributed by atoms with Gasteiger partial charge in [-0.25, -0.2) is 0 Å². The second-order valence-corrected chi connectivity index (χ2v) is 7.30. The Morgan fingerprint density at radius 3 is 2.62 bits per heavy atom. The first-order valence-electron chi connectivity index (χ1n) is 9.01. The van der Waals surface area contributed by atoms with Gasteiger partial charge in [0.1, 0.15) is 5.76 Å². The second kappa shape index (κ2) is 7.66. The fourth-order valence-corrected chi connectivity index (χ4v) is 3.80. The van der Waals surface area contributed by atoms with Gasteiger partial charge >= 0.3 is 0 Å². The molecule has 0 aliphatic carbocycles. The highest BCUT2D eigenvalue weighted by atomic mass is 16.5. The molecule has 2 saturated heterocycles. The molecule has 0 N–H and O–H groups in total. The molecule has 134 valence electrons. The van der Waals surface area contributed by atoms with Gasteiger partial charge in [-0.3, -0.25) is 9.69 Å². The monoisotopic (exact) mass is 335 g/mol. The Morgan fingerprint density at radius 2 is 2.04 bits per heavy atom. The number of aromatic nitrogens is 1. The Bertz CT molecular complexity index is 538. The zero-order valence-electron chi connectivity index (χ0n) is 15.1. The SMILES string of the molecule is Cc1noc(C)c1CN1CCC(CN(C)C(=O)C2CCOC2)CC1. The van der Waals surface area contributed by atoms with Crippen LogP contribution >= 0.6 is 0 Å². The lowest BCUT2D eigenvalue weighted by Crippen LogP contribution is -2.41. The van der Waals surface area contributed by atoms with Gasteiger partial charge in [0.05, 0.1) is 18.2 Å². The molecular weight excluding hydrogens is 306 g/mol. The van der Waals surface area contributed by atoms with Crippen LogP contribution in [0.2, 0.25) is 0 Å². The zero-order valence-corrected chi connectivity index (χ0v) is 15.1. The van der Waals surface area contributed by atoms with E-state index in [2.05, 4.69) is 10.1 Å². The topological polar surface area (TPSA) is 58.8 Å². The molecule has 0 spiro atoms. The molecule has 3 rings (SSSR count). The first-order valence-corrected chi connectivity index (χ1v) is 9.01. The highest BCUT2D eigenvalue weighted by Gasteiger charge is 2.28. The summed E-state index contributed by atoms with van der Waals surface area (Å²) in [7, 11) is 1.94. The predicted molar refractivity (Wildman–Crippen MR) is 90.5 cm³/mol. The fraction of sp³-hybridized carbons (Fsp3) is 0.778. The molecule has 6 heteroatoms. The van der Waals surface area contributed by atoms with E-state index < -0.39 is 0 Å². The van der Waals surface area contributed by atoms with Crippen LogP contribution in [-0.4, -0.2) is 60.8 Å². The largest absolute Gasteiger partial charge is 0.381 e. The van der Waals surface area contributed by atoms with Crippen molar-refractivity contribution in [1.29, 1.82) is 0 Å². The molecule has 1 aromatic rings. The molecule has 1 amide bonds. The molecular formula is C18H29N3O3. The van der Waals surface area contributed by atoms with E-state index in [0.29, 0.717) is 12.5 Å². The van der Waals surface area contributed by atoms with Crippen LogP contribution in [0.15, 0.2) is 4.52 Å². The number of ether oxygens (including phenoxy) is 1. The summed E-state index contributed by atoms with van der Waals surface area (Å²) in [6.45, 7) is 9.24. The van der Waals surface area contributed by atoms with Crippen molar-refractivity contribution < 1.29 is 14.1 Å². The van der Waals surface area contributed by atoms with E-state index >= 15 is 0 Å². The summed E-state index contributed by atoms with van der Waals surface area (Å²) in [5.41, 5.74) is 2.22. The number of piperidine rings is 1. The van der Waals surface area contributed by atoms with Gasteiger partial charge in [0.25, 0.3) is 0 Å². The van der Waals surface area contributed by atoms with Gasteiger partial charge in [-0.05, 0) is 52.1 Å². The lowest BCUT2D eigenvalue weighted by atomic mass is 9.95. The quantitative estimate of drug-likeness (QED) is 0.824. The van der Waals surface area contributed by atoms with Gasteiger partial charge in [-0.1, -0.05) is 5.16 Å².